The highest BCUT2D eigenvalue weighted by Gasteiger charge is 2.15. The molecule has 0 aliphatic rings. The third-order valence-corrected chi connectivity index (χ3v) is 6.56. The summed E-state index contributed by atoms with van der Waals surface area (Å²) < 4.78 is 45.6. The molecule has 0 fully saturated rings. The number of hydrogen-bond donors (Lipinski definition) is 2. The largest absolute Gasteiger partial charge is 0.339 e. The summed E-state index contributed by atoms with van der Waals surface area (Å²) in [4.78, 5) is 17.3. The lowest BCUT2D eigenvalue weighted by atomic mass is 10.2. The number of rotatable bonds is 8. The van der Waals surface area contributed by atoms with Gasteiger partial charge in [0.2, 0.25) is 17.6 Å². The second kappa shape index (κ2) is 9.28. The van der Waals surface area contributed by atoms with Gasteiger partial charge in [0.05, 0.1) is 15.5 Å². The van der Waals surface area contributed by atoms with Crippen LogP contribution in [0.3, 0.4) is 0 Å². The zero-order chi connectivity index (χ0) is 22.6. The third-order valence-electron chi connectivity index (χ3n) is 4.30. The smallest absolute Gasteiger partial charge is 0.261 e. The summed E-state index contributed by atoms with van der Waals surface area (Å²) in [5.74, 6) is 0.00775. The van der Waals surface area contributed by atoms with Crippen molar-refractivity contribution in [1.82, 2.24) is 10.1 Å². The van der Waals surface area contributed by atoms with Crippen LogP contribution in [0.2, 0.25) is 0 Å². The molecule has 0 aliphatic carbocycles. The van der Waals surface area contributed by atoms with Gasteiger partial charge in [-0.15, -0.1) is 11.3 Å². The maximum absolute atomic E-state index is 13.3. The van der Waals surface area contributed by atoms with Gasteiger partial charge in [-0.05, 0) is 53.9 Å². The number of benzene rings is 2. The Balaban J connectivity index is 1.32. The Kier molecular flexibility index (Phi) is 6.28. The van der Waals surface area contributed by atoms with E-state index in [0.29, 0.717) is 17.4 Å². The number of aryl methyl sites for hydroxylation is 1. The summed E-state index contributed by atoms with van der Waals surface area (Å²) in [6.07, 6.45) is 0.390. The Bertz CT molecular complexity index is 1320. The zero-order valence-corrected chi connectivity index (χ0v) is 18.1. The molecule has 4 aromatic rings. The van der Waals surface area contributed by atoms with E-state index in [1.54, 1.807) is 0 Å². The minimum Gasteiger partial charge on any atom is -0.339 e. The van der Waals surface area contributed by atoms with Crippen molar-refractivity contribution in [2.75, 3.05) is 10.0 Å². The molecule has 0 unspecified atom stereocenters. The van der Waals surface area contributed by atoms with Crippen LogP contribution in [-0.4, -0.2) is 24.5 Å². The van der Waals surface area contributed by atoms with Crippen LogP contribution >= 0.6 is 11.3 Å². The molecule has 164 valence electrons. The van der Waals surface area contributed by atoms with Gasteiger partial charge in [-0.25, -0.2) is 12.8 Å². The van der Waals surface area contributed by atoms with E-state index in [2.05, 4.69) is 20.2 Å². The molecule has 0 bridgehead atoms. The normalized spacial score (nSPS) is 11.3. The number of anilines is 2. The molecule has 0 spiro atoms. The standard InChI is InChI=1S/C21H17FN4O4S2/c22-14-3-1-4-16(13-14)26-32(28,29)17-8-6-15(7-9-17)23-19(27)10-11-20-24-21(25-30-20)18-5-2-12-31-18/h1-9,12-13,26H,10-11H2,(H,23,27). The predicted molar refractivity (Wildman–Crippen MR) is 118 cm³/mol. The first-order valence-corrected chi connectivity index (χ1v) is 11.8. The summed E-state index contributed by atoms with van der Waals surface area (Å²) in [5, 5.41) is 8.50. The molecule has 2 N–H and O–H groups in total. The molecule has 2 aromatic carbocycles. The average molecular weight is 473 g/mol. The van der Waals surface area contributed by atoms with Crippen molar-refractivity contribution < 1.29 is 22.1 Å². The minimum atomic E-state index is -3.89. The monoisotopic (exact) mass is 472 g/mol. The summed E-state index contributed by atoms with van der Waals surface area (Å²) in [5.41, 5.74) is 0.551. The van der Waals surface area contributed by atoms with Crippen molar-refractivity contribution in [2.24, 2.45) is 0 Å². The van der Waals surface area contributed by atoms with Crippen molar-refractivity contribution in [3.05, 3.63) is 77.8 Å². The van der Waals surface area contributed by atoms with Crippen molar-refractivity contribution in [3.63, 3.8) is 0 Å². The lowest BCUT2D eigenvalue weighted by molar-refractivity contribution is -0.116. The minimum absolute atomic E-state index is 0.0215. The van der Waals surface area contributed by atoms with Crippen LogP contribution in [0.1, 0.15) is 12.3 Å². The molecule has 1 amide bonds. The average Bonchev–Trinajstić information content (AvgIpc) is 3.44. The molecule has 0 atom stereocenters. The molecule has 0 radical (unpaired) electrons. The van der Waals surface area contributed by atoms with Gasteiger partial charge in [-0.3, -0.25) is 9.52 Å². The molecule has 2 aromatic heterocycles. The Morgan fingerprint density at radius 1 is 1.06 bits per heavy atom. The topological polar surface area (TPSA) is 114 Å². The molecule has 4 rings (SSSR count). The fraction of sp³-hybridized carbons (Fsp3) is 0.0952. The van der Waals surface area contributed by atoms with Gasteiger partial charge in [0.25, 0.3) is 10.0 Å². The van der Waals surface area contributed by atoms with Gasteiger partial charge in [-0.1, -0.05) is 17.3 Å². The van der Waals surface area contributed by atoms with Crippen LogP contribution in [0.25, 0.3) is 10.7 Å². The van der Waals surface area contributed by atoms with Gasteiger partial charge in [0, 0.05) is 18.5 Å². The van der Waals surface area contributed by atoms with Crippen molar-refractivity contribution in [2.45, 2.75) is 17.7 Å². The maximum Gasteiger partial charge on any atom is 0.261 e. The molecule has 8 nitrogen and oxygen atoms in total. The van der Waals surface area contributed by atoms with Crippen LogP contribution in [-0.2, 0) is 21.2 Å². The summed E-state index contributed by atoms with van der Waals surface area (Å²) >= 11 is 1.49. The summed E-state index contributed by atoms with van der Waals surface area (Å²) in [6, 6.07) is 14.6. The number of aromatic nitrogens is 2. The Morgan fingerprint density at radius 2 is 1.88 bits per heavy atom. The highest BCUT2D eigenvalue weighted by Crippen LogP contribution is 2.22. The van der Waals surface area contributed by atoms with E-state index in [-0.39, 0.29) is 29.3 Å². The lowest BCUT2D eigenvalue weighted by Crippen LogP contribution is -2.14. The fourth-order valence-electron chi connectivity index (χ4n) is 2.79. The van der Waals surface area contributed by atoms with Gasteiger partial charge < -0.3 is 9.84 Å². The number of halogens is 1. The van der Waals surface area contributed by atoms with Crippen LogP contribution < -0.4 is 10.0 Å². The molecular weight excluding hydrogens is 455 g/mol. The van der Waals surface area contributed by atoms with Gasteiger partial charge >= 0.3 is 0 Å². The predicted octanol–water partition coefficient (Wildman–Crippen LogP) is 4.31. The first kappa shape index (κ1) is 21.7. The van der Waals surface area contributed by atoms with E-state index in [1.165, 1.54) is 53.8 Å². The van der Waals surface area contributed by atoms with Crippen LogP contribution in [0.15, 0.2) is 75.5 Å². The van der Waals surface area contributed by atoms with Gasteiger partial charge in [0.1, 0.15) is 5.82 Å². The number of nitrogens with one attached hydrogen (secondary N) is 2. The summed E-state index contributed by atoms with van der Waals surface area (Å²) in [6.45, 7) is 0. The molecule has 2 heterocycles. The number of thiophene rings is 1. The molecular formula is C21H17FN4O4S2. The fourth-order valence-corrected chi connectivity index (χ4v) is 4.49. The SMILES string of the molecule is O=C(CCc1nc(-c2cccs2)no1)Nc1ccc(S(=O)(=O)Nc2cccc(F)c2)cc1. The summed E-state index contributed by atoms with van der Waals surface area (Å²) in [7, 11) is -3.89. The van der Waals surface area contributed by atoms with Crippen molar-refractivity contribution in [1.29, 1.82) is 0 Å². The third kappa shape index (κ3) is 5.37. The highest BCUT2D eigenvalue weighted by atomic mass is 32.2. The Hall–Kier alpha value is -3.57. The number of carbonyl (C=O) groups is 1. The Morgan fingerprint density at radius 3 is 2.59 bits per heavy atom. The van der Waals surface area contributed by atoms with E-state index in [1.807, 2.05) is 17.5 Å². The van der Waals surface area contributed by atoms with E-state index in [0.717, 1.165) is 10.9 Å². The van der Waals surface area contributed by atoms with Crippen LogP contribution in [0.4, 0.5) is 15.8 Å². The second-order valence-electron chi connectivity index (χ2n) is 6.68. The Labute approximate surface area is 187 Å². The van der Waals surface area contributed by atoms with Crippen molar-refractivity contribution >= 4 is 38.6 Å². The first-order chi connectivity index (χ1) is 15.4. The zero-order valence-electron chi connectivity index (χ0n) is 16.5. The van der Waals surface area contributed by atoms with E-state index >= 15 is 0 Å². The number of sulfonamides is 1. The number of hydrogen-bond acceptors (Lipinski definition) is 7. The van der Waals surface area contributed by atoms with Crippen LogP contribution in [0, 0.1) is 5.82 Å². The van der Waals surface area contributed by atoms with E-state index < -0.39 is 15.8 Å². The van der Waals surface area contributed by atoms with Gasteiger partial charge in [-0.2, -0.15) is 4.98 Å². The van der Waals surface area contributed by atoms with E-state index in [9.17, 15) is 17.6 Å². The molecule has 0 saturated carbocycles. The van der Waals surface area contributed by atoms with Gasteiger partial charge in [0.15, 0.2) is 0 Å². The lowest BCUT2D eigenvalue weighted by Gasteiger charge is -2.09. The molecule has 32 heavy (non-hydrogen) atoms. The maximum atomic E-state index is 13.3. The quantitative estimate of drug-likeness (QED) is 0.395. The number of nitrogens with zero attached hydrogens (tertiary/aromatic N) is 2. The second-order valence-corrected chi connectivity index (χ2v) is 9.31. The van der Waals surface area contributed by atoms with Crippen molar-refractivity contribution in [3.8, 4) is 10.7 Å². The number of carbonyl (C=O) groups excluding carboxylic acids is 1. The first-order valence-electron chi connectivity index (χ1n) is 9.44. The molecule has 0 saturated heterocycles. The molecule has 0 aliphatic heterocycles. The van der Waals surface area contributed by atoms with Crippen LogP contribution in [0.5, 0.6) is 0 Å². The highest BCUT2D eigenvalue weighted by molar-refractivity contribution is 7.92. The number of amides is 1. The molecule has 11 heteroatoms. The van der Waals surface area contributed by atoms with E-state index in [4.69, 9.17) is 4.52 Å².